The van der Waals surface area contributed by atoms with E-state index in [1.54, 1.807) is 0 Å². The summed E-state index contributed by atoms with van der Waals surface area (Å²) < 4.78 is 5.62. The molecule has 0 aromatic heterocycles. The van der Waals surface area contributed by atoms with E-state index in [1.165, 1.54) is 0 Å². The second-order valence-electron chi connectivity index (χ2n) is 5.56. The average molecular weight is 276 g/mol. The summed E-state index contributed by atoms with van der Waals surface area (Å²) in [7, 11) is 0. The van der Waals surface area contributed by atoms with Crippen LogP contribution in [0.15, 0.2) is 24.3 Å². The van der Waals surface area contributed by atoms with Crippen molar-refractivity contribution < 1.29 is 9.53 Å². The summed E-state index contributed by atoms with van der Waals surface area (Å²) >= 11 is 0. The number of carbonyl (C=O) groups is 1. The van der Waals surface area contributed by atoms with Crippen LogP contribution in [0, 0.1) is 6.92 Å². The number of piperazine rings is 1. The molecule has 0 spiro atoms. The molecule has 1 aliphatic rings. The van der Waals surface area contributed by atoms with E-state index >= 15 is 0 Å². The molecule has 0 atom stereocenters. The van der Waals surface area contributed by atoms with Gasteiger partial charge in [-0.2, -0.15) is 0 Å². The number of aryl methyl sites for hydroxylation is 1. The summed E-state index contributed by atoms with van der Waals surface area (Å²) in [5, 5.41) is 0. The number of hydrogen-bond acceptors (Lipinski definition) is 3. The molecular formula is C16H24N2O2. The molecule has 2 rings (SSSR count). The average Bonchev–Trinajstić information content (AvgIpc) is 2.46. The highest BCUT2D eigenvalue weighted by atomic mass is 16.5. The van der Waals surface area contributed by atoms with E-state index in [9.17, 15) is 4.79 Å². The molecule has 0 unspecified atom stereocenters. The minimum absolute atomic E-state index is 0.0802. The topological polar surface area (TPSA) is 32.8 Å². The first-order valence-corrected chi connectivity index (χ1v) is 7.28. The van der Waals surface area contributed by atoms with Crippen LogP contribution < -0.4 is 4.74 Å². The van der Waals surface area contributed by atoms with Gasteiger partial charge in [-0.1, -0.05) is 18.2 Å². The summed E-state index contributed by atoms with van der Waals surface area (Å²) in [4.78, 5) is 16.4. The number of rotatable bonds is 4. The Balaban J connectivity index is 1.80. The molecule has 1 heterocycles. The van der Waals surface area contributed by atoms with E-state index in [0.717, 1.165) is 37.5 Å². The molecule has 4 heteroatoms. The van der Waals surface area contributed by atoms with Crippen molar-refractivity contribution in [1.29, 1.82) is 0 Å². The van der Waals surface area contributed by atoms with Gasteiger partial charge in [-0.25, -0.2) is 0 Å². The summed E-state index contributed by atoms with van der Waals surface area (Å²) in [5.74, 6) is 0.873. The molecule has 1 aliphatic heterocycles. The smallest absolute Gasteiger partial charge is 0.260 e. The third-order valence-corrected chi connectivity index (χ3v) is 3.84. The molecule has 1 amide bonds. The zero-order valence-electron chi connectivity index (χ0n) is 12.6. The van der Waals surface area contributed by atoms with Gasteiger partial charge in [0.15, 0.2) is 6.61 Å². The van der Waals surface area contributed by atoms with Crippen molar-refractivity contribution in [3.05, 3.63) is 29.8 Å². The number of benzene rings is 1. The number of carbonyl (C=O) groups excluding carboxylic acids is 1. The highest BCUT2D eigenvalue weighted by Crippen LogP contribution is 2.16. The Labute approximate surface area is 121 Å². The third kappa shape index (κ3) is 3.73. The van der Waals surface area contributed by atoms with Gasteiger partial charge in [0.2, 0.25) is 0 Å². The summed E-state index contributed by atoms with van der Waals surface area (Å²) in [6, 6.07) is 8.33. The van der Waals surface area contributed by atoms with Crippen molar-refractivity contribution in [3.8, 4) is 5.75 Å². The first-order chi connectivity index (χ1) is 9.58. The highest BCUT2D eigenvalue weighted by Gasteiger charge is 2.22. The van der Waals surface area contributed by atoms with Crippen LogP contribution in [0.5, 0.6) is 5.75 Å². The quantitative estimate of drug-likeness (QED) is 0.842. The number of hydrogen-bond donors (Lipinski definition) is 0. The van der Waals surface area contributed by atoms with Crippen molar-refractivity contribution in [2.45, 2.75) is 26.8 Å². The van der Waals surface area contributed by atoms with E-state index in [-0.39, 0.29) is 12.5 Å². The van der Waals surface area contributed by atoms with Crippen LogP contribution in [0.4, 0.5) is 0 Å². The van der Waals surface area contributed by atoms with Crippen molar-refractivity contribution in [3.63, 3.8) is 0 Å². The SMILES string of the molecule is Cc1ccccc1OCC(=O)N1CCN(C(C)C)CC1. The van der Waals surface area contributed by atoms with Crippen LogP contribution in [0.25, 0.3) is 0 Å². The zero-order valence-corrected chi connectivity index (χ0v) is 12.6. The van der Waals surface area contributed by atoms with Crippen molar-refractivity contribution in [2.75, 3.05) is 32.8 Å². The van der Waals surface area contributed by atoms with Gasteiger partial charge in [-0.3, -0.25) is 9.69 Å². The van der Waals surface area contributed by atoms with Crippen LogP contribution in [0.1, 0.15) is 19.4 Å². The van der Waals surface area contributed by atoms with Gasteiger partial charge in [0.05, 0.1) is 0 Å². The molecule has 1 aromatic rings. The van der Waals surface area contributed by atoms with Gasteiger partial charge < -0.3 is 9.64 Å². The molecule has 0 N–H and O–H groups in total. The molecule has 110 valence electrons. The minimum Gasteiger partial charge on any atom is -0.484 e. The first kappa shape index (κ1) is 14.9. The lowest BCUT2D eigenvalue weighted by Crippen LogP contribution is -2.51. The van der Waals surface area contributed by atoms with E-state index < -0.39 is 0 Å². The number of ether oxygens (including phenoxy) is 1. The maximum absolute atomic E-state index is 12.1. The minimum atomic E-state index is 0.0802. The summed E-state index contributed by atoms with van der Waals surface area (Å²) in [6.07, 6.45) is 0. The number of amides is 1. The molecule has 0 aliphatic carbocycles. The van der Waals surface area contributed by atoms with Crippen LogP contribution in [0.3, 0.4) is 0 Å². The molecule has 1 fully saturated rings. The summed E-state index contributed by atoms with van der Waals surface area (Å²) in [5.41, 5.74) is 1.06. The predicted molar refractivity (Wildman–Crippen MR) is 80.0 cm³/mol. The van der Waals surface area contributed by atoms with Crippen LogP contribution >= 0.6 is 0 Å². The molecule has 4 nitrogen and oxygen atoms in total. The molecule has 1 saturated heterocycles. The normalized spacial score (nSPS) is 16.5. The van der Waals surface area contributed by atoms with Gasteiger partial charge in [-0.05, 0) is 32.4 Å². The Kier molecular flexibility index (Phi) is 5.01. The zero-order chi connectivity index (χ0) is 14.5. The molecule has 0 saturated carbocycles. The fraction of sp³-hybridized carbons (Fsp3) is 0.562. The van der Waals surface area contributed by atoms with Gasteiger partial charge in [0.25, 0.3) is 5.91 Å². The van der Waals surface area contributed by atoms with Gasteiger partial charge in [0, 0.05) is 32.2 Å². The molecule has 0 bridgehead atoms. The van der Waals surface area contributed by atoms with Crippen LogP contribution in [-0.2, 0) is 4.79 Å². The summed E-state index contributed by atoms with van der Waals surface area (Å²) in [6.45, 7) is 10.0. The monoisotopic (exact) mass is 276 g/mol. The van der Waals surface area contributed by atoms with Crippen molar-refractivity contribution in [1.82, 2.24) is 9.80 Å². The maximum Gasteiger partial charge on any atom is 0.260 e. The Hall–Kier alpha value is -1.55. The lowest BCUT2D eigenvalue weighted by molar-refractivity contribution is -0.135. The largest absolute Gasteiger partial charge is 0.484 e. The lowest BCUT2D eigenvalue weighted by Gasteiger charge is -2.36. The fourth-order valence-corrected chi connectivity index (χ4v) is 2.44. The lowest BCUT2D eigenvalue weighted by atomic mass is 10.2. The second kappa shape index (κ2) is 6.75. The highest BCUT2D eigenvalue weighted by molar-refractivity contribution is 5.78. The standard InChI is InChI=1S/C16H24N2O2/c1-13(2)17-8-10-18(11-9-17)16(19)12-20-15-7-5-4-6-14(15)3/h4-7,13H,8-12H2,1-3H3. The van der Waals surface area contributed by atoms with E-state index in [4.69, 9.17) is 4.74 Å². The van der Waals surface area contributed by atoms with Crippen molar-refractivity contribution in [2.24, 2.45) is 0 Å². The second-order valence-corrected chi connectivity index (χ2v) is 5.56. The fourth-order valence-electron chi connectivity index (χ4n) is 2.44. The molecule has 20 heavy (non-hydrogen) atoms. The van der Waals surface area contributed by atoms with Crippen LogP contribution in [0.2, 0.25) is 0 Å². The third-order valence-electron chi connectivity index (χ3n) is 3.84. The van der Waals surface area contributed by atoms with Gasteiger partial charge in [0.1, 0.15) is 5.75 Å². The van der Waals surface area contributed by atoms with E-state index in [1.807, 2.05) is 36.1 Å². The first-order valence-electron chi connectivity index (χ1n) is 7.28. The molecular weight excluding hydrogens is 252 g/mol. The number of para-hydroxylation sites is 1. The van der Waals surface area contributed by atoms with E-state index in [2.05, 4.69) is 18.7 Å². The van der Waals surface area contributed by atoms with E-state index in [0.29, 0.717) is 6.04 Å². The van der Waals surface area contributed by atoms with Gasteiger partial charge in [-0.15, -0.1) is 0 Å². The van der Waals surface area contributed by atoms with Crippen LogP contribution in [-0.4, -0.2) is 54.5 Å². The Bertz CT molecular complexity index is 452. The number of nitrogens with zero attached hydrogens (tertiary/aromatic N) is 2. The predicted octanol–water partition coefficient (Wildman–Crippen LogP) is 1.93. The van der Waals surface area contributed by atoms with Gasteiger partial charge >= 0.3 is 0 Å². The Morgan fingerprint density at radius 2 is 1.85 bits per heavy atom. The van der Waals surface area contributed by atoms with Crippen molar-refractivity contribution >= 4 is 5.91 Å². The molecule has 0 radical (unpaired) electrons. The Morgan fingerprint density at radius 1 is 1.20 bits per heavy atom. The molecule has 1 aromatic carbocycles. The Morgan fingerprint density at radius 3 is 2.45 bits per heavy atom. The maximum atomic E-state index is 12.1.